The van der Waals surface area contributed by atoms with Crippen molar-refractivity contribution in [3.8, 4) is 11.6 Å². The smallest absolute Gasteiger partial charge is 0.197 e. The normalized spacial score (nSPS) is 10.7. The van der Waals surface area contributed by atoms with Gasteiger partial charge in [0, 0.05) is 6.54 Å². The van der Waals surface area contributed by atoms with Crippen LogP contribution >= 0.6 is 22.6 Å². The SMILES string of the molecule is CCCNc1nc(-c2ccc(C)o2)nc(C)c1I. The van der Waals surface area contributed by atoms with Gasteiger partial charge in [0.1, 0.15) is 11.6 Å². The fourth-order valence-electron chi connectivity index (χ4n) is 1.58. The lowest BCUT2D eigenvalue weighted by Gasteiger charge is -2.09. The van der Waals surface area contributed by atoms with Gasteiger partial charge < -0.3 is 9.73 Å². The van der Waals surface area contributed by atoms with E-state index in [4.69, 9.17) is 4.42 Å². The van der Waals surface area contributed by atoms with Crippen LogP contribution in [0.5, 0.6) is 0 Å². The quantitative estimate of drug-likeness (QED) is 0.847. The van der Waals surface area contributed by atoms with Crippen LogP contribution in [0.15, 0.2) is 16.5 Å². The zero-order chi connectivity index (χ0) is 13.1. The fraction of sp³-hybridized carbons (Fsp3) is 0.385. The standard InChI is InChI=1S/C13H16IN3O/c1-4-7-15-13-11(14)9(3)16-12(17-13)10-6-5-8(2)18-10/h5-6H,4,7H2,1-3H3,(H,15,16,17). The van der Waals surface area contributed by atoms with Gasteiger partial charge in [-0.15, -0.1) is 0 Å². The van der Waals surface area contributed by atoms with Crippen LogP contribution in [0.3, 0.4) is 0 Å². The number of anilines is 1. The van der Waals surface area contributed by atoms with Crippen LogP contribution in [0.25, 0.3) is 11.6 Å². The monoisotopic (exact) mass is 357 g/mol. The van der Waals surface area contributed by atoms with Crippen LogP contribution in [0, 0.1) is 17.4 Å². The Morgan fingerprint density at radius 1 is 1.28 bits per heavy atom. The van der Waals surface area contributed by atoms with Crippen molar-refractivity contribution in [1.29, 1.82) is 0 Å². The zero-order valence-electron chi connectivity index (χ0n) is 10.7. The van der Waals surface area contributed by atoms with Crippen molar-refractivity contribution in [3.05, 3.63) is 27.2 Å². The maximum atomic E-state index is 5.57. The Balaban J connectivity index is 2.40. The number of nitrogens with one attached hydrogen (secondary N) is 1. The number of aromatic nitrogens is 2. The summed E-state index contributed by atoms with van der Waals surface area (Å²) in [6.45, 7) is 6.94. The number of nitrogens with zero attached hydrogens (tertiary/aromatic N) is 2. The molecule has 0 aliphatic carbocycles. The minimum atomic E-state index is 0.639. The molecule has 2 aromatic heterocycles. The predicted molar refractivity (Wildman–Crippen MR) is 80.7 cm³/mol. The molecule has 0 aliphatic heterocycles. The molecule has 2 rings (SSSR count). The van der Waals surface area contributed by atoms with E-state index in [0.29, 0.717) is 11.6 Å². The Labute approximate surface area is 120 Å². The Hall–Kier alpha value is -1.11. The fourth-order valence-corrected chi connectivity index (χ4v) is 2.02. The van der Waals surface area contributed by atoms with Crippen LogP contribution in [-0.4, -0.2) is 16.5 Å². The largest absolute Gasteiger partial charge is 0.458 e. The molecule has 0 unspecified atom stereocenters. The van der Waals surface area contributed by atoms with Crippen molar-refractivity contribution in [2.45, 2.75) is 27.2 Å². The van der Waals surface area contributed by atoms with Crippen molar-refractivity contribution in [2.75, 3.05) is 11.9 Å². The Morgan fingerprint density at radius 3 is 2.67 bits per heavy atom. The lowest BCUT2D eigenvalue weighted by Crippen LogP contribution is -2.07. The molecule has 0 saturated heterocycles. The topological polar surface area (TPSA) is 51.0 Å². The summed E-state index contributed by atoms with van der Waals surface area (Å²) in [6, 6.07) is 3.83. The van der Waals surface area contributed by atoms with Gasteiger partial charge in [-0.25, -0.2) is 9.97 Å². The van der Waals surface area contributed by atoms with Gasteiger partial charge in [-0.1, -0.05) is 6.92 Å². The maximum absolute atomic E-state index is 5.57. The maximum Gasteiger partial charge on any atom is 0.197 e. The molecule has 1 N–H and O–H groups in total. The third-order valence-electron chi connectivity index (χ3n) is 2.52. The number of hydrogen-bond acceptors (Lipinski definition) is 4. The van der Waals surface area contributed by atoms with Crippen LogP contribution in [0.4, 0.5) is 5.82 Å². The van der Waals surface area contributed by atoms with Gasteiger partial charge >= 0.3 is 0 Å². The van der Waals surface area contributed by atoms with E-state index in [0.717, 1.165) is 33.8 Å². The summed E-state index contributed by atoms with van der Waals surface area (Å²) in [6.07, 6.45) is 1.06. The van der Waals surface area contributed by atoms with Gasteiger partial charge in [0.05, 0.1) is 9.26 Å². The zero-order valence-corrected chi connectivity index (χ0v) is 12.9. The minimum absolute atomic E-state index is 0.639. The molecule has 0 aromatic carbocycles. The first-order valence-electron chi connectivity index (χ1n) is 5.96. The summed E-state index contributed by atoms with van der Waals surface area (Å²) in [5.41, 5.74) is 0.966. The van der Waals surface area contributed by atoms with E-state index in [9.17, 15) is 0 Å². The lowest BCUT2D eigenvalue weighted by molar-refractivity contribution is 0.544. The molecule has 0 atom stereocenters. The molecular weight excluding hydrogens is 341 g/mol. The number of halogens is 1. The van der Waals surface area contributed by atoms with E-state index in [1.54, 1.807) is 0 Å². The van der Waals surface area contributed by atoms with Gasteiger partial charge in [-0.3, -0.25) is 0 Å². The number of aryl methyl sites for hydroxylation is 2. The van der Waals surface area contributed by atoms with Gasteiger partial charge in [0.25, 0.3) is 0 Å². The molecule has 0 radical (unpaired) electrons. The van der Waals surface area contributed by atoms with E-state index in [-0.39, 0.29) is 0 Å². The second kappa shape index (κ2) is 5.69. The third-order valence-corrected chi connectivity index (χ3v) is 3.81. The Kier molecular flexibility index (Phi) is 4.21. The summed E-state index contributed by atoms with van der Waals surface area (Å²) >= 11 is 2.27. The summed E-state index contributed by atoms with van der Waals surface area (Å²) in [4.78, 5) is 9.00. The average molecular weight is 357 g/mol. The first-order valence-corrected chi connectivity index (χ1v) is 7.04. The van der Waals surface area contributed by atoms with E-state index in [2.05, 4.69) is 44.8 Å². The van der Waals surface area contributed by atoms with Gasteiger partial charge in [-0.05, 0) is 55.0 Å². The van der Waals surface area contributed by atoms with Gasteiger partial charge in [0.2, 0.25) is 0 Å². The van der Waals surface area contributed by atoms with Crippen molar-refractivity contribution >= 4 is 28.4 Å². The van der Waals surface area contributed by atoms with E-state index in [1.807, 2.05) is 26.0 Å². The number of hydrogen-bond donors (Lipinski definition) is 1. The molecule has 0 bridgehead atoms. The minimum Gasteiger partial charge on any atom is -0.458 e. The summed E-state index contributed by atoms with van der Waals surface area (Å²) < 4.78 is 6.63. The lowest BCUT2D eigenvalue weighted by atomic mass is 10.3. The highest BCUT2D eigenvalue weighted by molar-refractivity contribution is 14.1. The molecule has 0 aliphatic rings. The molecule has 96 valence electrons. The van der Waals surface area contributed by atoms with Crippen LogP contribution < -0.4 is 5.32 Å². The molecule has 2 heterocycles. The van der Waals surface area contributed by atoms with E-state index < -0.39 is 0 Å². The highest BCUT2D eigenvalue weighted by Gasteiger charge is 2.12. The predicted octanol–water partition coefficient (Wildman–Crippen LogP) is 3.78. The second-order valence-corrected chi connectivity index (χ2v) is 5.21. The third kappa shape index (κ3) is 2.82. The van der Waals surface area contributed by atoms with Crippen LogP contribution in [0.2, 0.25) is 0 Å². The van der Waals surface area contributed by atoms with Crippen molar-refractivity contribution in [1.82, 2.24) is 9.97 Å². The number of furan rings is 1. The molecule has 4 nitrogen and oxygen atoms in total. The molecule has 2 aromatic rings. The van der Waals surface area contributed by atoms with Crippen molar-refractivity contribution in [2.24, 2.45) is 0 Å². The molecule has 0 amide bonds. The highest BCUT2D eigenvalue weighted by Crippen LogP contribution is 2.24. The summed E-state index contributed by atoms with van der Waals surface area (Å²) in [5, 5.41) is 3.32. The summed E-state index contributed by atoms with van der Waals surface area (Å²) in [5.74, 6) is 3.10. The first kappa shape index (κ1) is 13.3. The average Bonchev–Trinajstić information content (AvgIpc) is 2.77. The molecular formula is C13H16IN3O. The molecule has 0 spiro atoms. The molecule has 0 saturated carbocycles. The van der Waals surface area contributed by atoms with E-state index in [1.165, 1.54) is 0 Å². The van der Waals surface area contributed by atoms with Crippen molar-refractivity contribution < 1.29 is 4.42 Å². The Morgan fingerprint density at radius 2 is 2.06 bits per heavy atom. The Bertz CT molecular complexity index is 551. The molecule has 18 heavy (non-hydrogen) atoms. The summed E-state index contributed by atoms with van der Waals surface area (Å²) in [7, 11) is 0. The molecule has 0 fully saturated rings. The van der Waals surface area contributed by atoms with Crippen LogP contribution in [-0.2, 0) is 0 Å². The highest BCUT2D eigenvalue weighted by atomic mass is 127. The van der Waals surface area contributed by atoms with Crippen molar-refractivity contribution in [3.63, 3.8) is 0 Å². The molecule has 5 heteroatoms. The van der Waals surface area contributed by atoms with Gasteiger partial charge in [0.15, 0.2) is 11.6 Å². The number of rotatable bonds is 4. The second-order valence-electron chi connectivity index (χ2n) is 4.13. The van der Waals surface area contributed by atoms with E-state index >= 15 is 0 Å². The van der Waals surface area contributed by atoms with Gasteiger partial charge in [-0.2, -0.15) is 0 Å². The first-order chi connectivity index (χ1) is 8.61. The van der Waals surface area contributed by atoms with Crippen LogP contribution in [0.1, 0.15) is 24.8 Å².